The van der Waals surface area contributed by atoms with Crippen LogP contribution in [-0.2, 0) is 0 Å². The summed E-state index contributed by atoms with van der Waals surface area (Å²) in [6, 6.07) is 7.64. The van der Waals surface area contributed by atoms with E-state index in [1.807, 2.05) is 0 Å². The Morgan fingerprint density at radius 2 is 1.63 bits per heavy atom. The van der Waals surface area contributed by atoms with Crippen LogP contribution >= 0.6 is 0 Å². The van der Waals surface area contributed by atoms with Gasteiger partial charge in [-0.3, -0.25) is 0 Å². The molecule has 102 valence electrons. The lowest BCUT2D eigenvalue weighted by atomic mass is 9.79. The van der Waals surface area contributed by atoms with Crippen molar-refractivity contribution in [1.82, 2.24) is 0 Å². The minimum absolute atomic E-state index is 0.755. The van der Waals surface area contributed by atoms with E-state index in [4.69, 9.17) is 0 Å². The predicted octanol–water partition coefficient (Wildman–Crippen LogP) is 4.54. The van der Waals surface area contributed by atoms with Gasteiger partial charge >= 0.3 is 0 Å². The van der Waals surface area contributed by atoms with Crippen LogP contribution in [0.2, 0.25) is 0 Å². The molecule has 0 heterocycles. The third kappa shape index (κ3) is 1.89. The van der Waals surface area contributed by atoms with Crippen LogP contribution in [0.15, 0.2) is 18.2 Å². The molecule has 3 fully saturated rings. The van der Waals surface area contributed by atoms with E-state index in [1.54, 1.807) is 0 Å². The molecule has 3 aliphatic carbocycles. The monoisotopic (exact) mass is 255 g/mol. The third-order valence-electron chi connectivity index (χ3n) is 6.00. The van der Waals surface area contributed by atoms with E-state index in [0.29, 0.717) is 0 Å². The number of fused-ring (bicyclic) bond motifs is 5. The molecule has 0 spiro atoms. The van der Waals surface area contributed by atoms with Gasteiger partial charge in [-0.05, 0) is 86.5 Å². The summed E-state index contributed by atoms with van der Waals surface area (Å²) in [4.78, 5) is 0. The van der Waals surface area contributed by atoms with E-state index >= 15 is 0 Å². The fourth-order valence-electron chi connectivity index (χ4n) is 5.51. The number of aryl methyl sites for hydroxylation is 2. The van der Waals surface area contributed by atoms with Crippen molar-refractivity contribution in [1.29, 1.82) is 0 Å². The molecule has 4 rings (SSSR count). The number of benzene rings is 1. The maximum Gasteiger partial charge on any atom is 0.0347 e. The van der Waals surface area contributed by atoms with Crippen molar-refractivity contribution in [2.24, 2.45) is 23.7 Å². The van der Waals surface area contributed by atoms with Crippen molar-refractivity contribution >= 4 is 5.69 Å². The molecule has 0 aliphatic heterocycles. The van der Waals surface area contributed by atoms with Crippen molar-refractivity contribution in [2.45, 2.75) is 52.0 Å². The lowest BCUT2D eigenvalue weighted by molar-refractivity contribution is 0.243. The number of anilines is 1. The number of nitrogens with one attached hydrogen (secondary N) is 1. The van der Waals surface area contributed by atoms with Crippen LogP contribution in [0.5, 0.6) is 0 Å². The summed E-state index contributed by atoms with van der Waals surface area (Å²) in [6.07, 6.45) is 7.48. The predicted molar refractivity (Wildman–Crippen MR) is 80.4 cm³/mol. The minimum atomic E-state index is 0.755. The first-order valence-electron chi connectivity index (χ1n) is 8.05. The number of rotatable bonds is 2. The van der Waals surface area contributed by atoms with Gasteiger partial charge in [0.25, 0.3) is 0 Å². The van der Waals surface area contributed by atoms with Gasteiger partial charge in [0, 0.05) is 11.7 Å². The fourth-order valence-corrected chi connectivity index (χ4v) is 5.51. The molecule has 19 heavy (non-hydrogen) atoms. The summed E-state index contributed by atoms with van der Waals surface area (Å²) in [5.74, 6) is 4.17. The zero-order valence-electron chi connectivity index (χ0n) is 12.2. The molecule has 0 amide bonds. The van der Waals surface area contributed by atoms with Crippen LogP contribution in [0.25, 0.3) is 0 Å². The molecule has 3 aliphatic rings. The highest BCUT2D eigenvalue weighted by molar-refractivity contribution is 5.49. The van der Waals surface area contributed by atoms with Crippen LogP contribution in [0.4, 0.5) is 5.69 Å². The maximum absolute atomic E-state index is 3.87. The quantitative estimate of drug-likeness (QED) is 0.818. The molecular weight excluding hydrogens is 230 g/mol. The van der Waals surface area contributed by atoms with Gasteiger partial charge in [-0.2, -0.15) is 0 Å². The van der Waals surface area contributed by atoms with E-state index in [2.05, 4.69) is 37.4 Å². The molecule has 1 aromatic rings. The molecule has 1 heteroatoms. The van der Waals surface area contributed by atoms with E-state index in [9.17, 15) is 0 Å². The number of hydrogen-bond donors (Lipinski definition) is 1. The Balaban J connectivity index is 1.52. The average molecular weight is 255 g/mol. The van der Waals surface area contributed by atoms with Gasteiger partial charge in [0.05, 0.1) is 0 Å². The van der Waals surface area contributed by atoms with E-state index in [1.165, 1.54) is 48.9 Å². The lowest BCUT2D eigenvalue weighted by Crippen LogP contribution is -2.33. The molecule has 5 unspecified atom stereocenters. The molecule has 5 atom stereocenters. The van der Waals surface area contributed by atoms with Crippen molar-refractivity contribution in [2.75, 3.05) is 5.32 Å². The van der Waals surface area contributed by atoms with Gasteiger partial charge in [-0.15, -0.1) is 0 Å². The van der Waals surface area contributed by atoms with Crippen molar-refractivity contribution in [3.63, 3.8) is 0 Å². The topological polar surface area (TPSA) is 12.0 Å². The molecule has 2 bridgehead atoms. The van der Waals surface area contributed by atoms with E-state index < -0.39 is 0 Å². The second-order valence-electron chi connectivity index (χ2n) is 7.28. The van der Waals surface area contributed by atoms with Crippen molar-refractivity contribution in [3.05, 3.63) is 29.3 Å². The Labute approximate surface area is 116 Å². The van der Waals surface area contributed by atoms with Crippen LogP contribution in [-0.4, -0.2) is 6.04 Å². The highest BCUT2D eigenvalue weighted by Crippen LogP contribution is 2.59. The fraction of sp³-hybridized carbons (Fsp3) is 0.667. The molecule has 1 N–H and O–H groups in total. The van der Waals surface area contributed by atoms with Gasteiger partial charge in [0.15, 0.2) is 0 Å². The largest absolute Gasteiger partial charge is 0.382 e. The van der Waals surface area contributed by atoms with Crippen molar-refractivity contribution < 1.29 is 0 Å². The smallest absolute Gasteiger partial charge is 0.0347 e. The molecule has 1 aromatic carbocycles. The van der Waals surface area contributed by atoms with E-state index in [-0.39, 0.29) is 0 Å². The highest BCUT2D eigenvalue weighted by Gasteiger charge is 2.53. The first-order valence-corrected chi connectivity index (χ1v) is 8.05. The molecular formula is C18H25N. The molecule has 0 radical (unpaired) electrons. The van der Waals surface area contributed by atoms with Gasteiger partial charge in [-0.25, -0.2) is 0 Å². The number of hydrogen-bond acceptors (Lipinski definition) is 1. The Kier molecular flexibility index (Phi) is 2.65. The second kappa shape index (κ2) is 4.26. The average Bonchev–Trinajstić information content (AvgIpc) is 2.97. The summed E-state index contributed by atoms with van der Waals surface area (Å²) < 4.78 is 0. The van der Waals surface area contributed by atoms with Crippen LogP contribution < -0.4 is 5.32 Å². The van der Waals surface area contributed by atoms with Crippen LogP contribution in [0, 0.1) is 37.5 Å². The summed E-state index contributed by atoms with van der Waals surface area (Å²) in [5.41, 5.74) is 4.11. The zero-order chi connectivity index (χ0) is 13.0. The molecule has 0 saturated heterocycles. The first-order chi connectivity index (χ1) is 9.20. The van der Waals surface area contributed by atoms with E-state index in [0.717, 1.165) is 29.7 Å². The summed E-state index contributed by atoms with van der Waals surface area (Å²) in [5, 5.41) is 3.87. The maximum atomic E-state index is 3.87. The second-order valence-corrected chi connectivity index (χ2v) is 7.28. The summed E-state index contributed by atoms with van der Waals surface area (Å²) in [6.45, 7) is 4.40. The van der Waals surface area contributed by atoms with Crippen molar-refractivity contribution in [3.8, 4) is 0 Å². The van der Waals surface area contributed by atoms with Crippen LogP contribution in [0.3, 0.4) is 0 Å². The Morgan fingerprint density at radius 3 is 2.42 bits per heavy atom. The Bertz CT molecular complexity index is 472. The SMILES string of the molecule is Cc1cc(C)cc(NC2CC3CC2C2CCCC32)c1. The molecule has 3 saturated carbocycles. The minimum Gasteiger partial charge on any atom is -0.382 e. The molecule has 0 aromatic heterocycles. The third-order valence-corrected chi connectivity index (χ3v) is 6.00. The summed E-state index contributed by atoms with van der Waals surface area (Å²) >= 11 is 0. The van der Waals surface area contributed by atoms with Gasteiger partial charge < -0.3 is 5.32 Å². The Morgan fingerprint density at radius 1 is 0.895 bits per heavy atom. The Hall–Kier alpha value is -0.980. The normalized spacial score (nSPS) is 39.6. The highest BCUT2D eigenvalue weighted by atomic mass is 14.9. The lowest BCUT2D eigenvalue weighted by Gasteiger charge is -2.32. The first kappa shape index (κ1) is 11.8. The zero-order valence-corrected chi connectivity index (χ0v) is 12.2. The molecule has 1 nitrogen and oxygen atoms in total. The van der Waals surface area contributed by atoms with Crippen LogP contribution in [0.1, 0.15) is 43.2 Å². The van der Waals surface area contributed by atoms with Gasteiger partial charge in [0.1, 0.15) is 0 Å². The summed E-state index contributed by atoms with van der Waals surface area (Å²) in [7, 11) is 0. The standard InChI is InChI=1S/C18H25N/c1-11-6-12(2)8-14(7-11)19-18-10-13-9-17(18)16-5-3-4-15(13)16/h6-8,13,15-19H,3-5,9-10H2,1-2H3. The van der Waals surface area contributed by atoms with Gasteiger partial charge in [-0.1, -0.05) is 12.5 Å². The van der Waals surface area contributed by atoms with Gasteiger partial charge in [0.2, 0.25) is 0 Å².